The summed E-state index contributed by atoms with van der Waals surface area (Å²) in [6.45, 7) is 9.32. The molecular formula is C15H31. The third-order valence-corrected chi connectivity index (χ3v) is 3.18. The van der Waals surface area contributed by atoms with E-state index in [-0.39, 0.29) is 0 Å². The Morgan fingerprint density at radius 2 is 1.27 bits per heavy atom. The lowest BCUT2D eigenvalue weighted by atomic mass is 9.90. The minimum absolute atomic E-state index is 0.825. The van der Waals surface area contributed by atoms with Gasteiger partial charge in [0.25, 0.3) is 0 Å². The van der Waals surface area contributed by atoms with Crippen molar-refractivity contribution in [2.24, 2.45) is 11.8 Å². The van der Waals surface area contributed by atoms with E-state index in [1.807, 2.05) is 0 Å². The molecule has 0 heteroatoms. The van der Waals surface area contributed by atoms with Crippen LogP contribution in [0.5, 0.6) is 0 Å². The fourth-order valence-corrected chi connectivity index (χ4v) is 2.17. The zero-order valence-electron chi connectivity index (χ0n) is 11.4. The highest BCUT2D eigenvalue weighted by atomic mass is 14.1. The van der Waals surface area contributed by atoms with Crippen molar-refractivity contribution in [1.29, 1.82) is 0 Å². The first-order valence-corrected chi connectivity index (χ1v) is 7.05. The van der Waals surface area contributed by atoms with Gasteiger partial charge in [0.2, 0.25) is 0 Å². The molecule has 0 heterocycles. The quantitative estimate of drug-likeness (QED) is 0.411. The molecule has 2 unspecified atom stereocenters. The van der Waals surface area contributed by atoms with Gasteiger partial charge in [-0.2, -0.15) is 0 Å². The molecule has 0 spiro atoms. The van der Waals surface area contributed by atoms with Crippen LogP contribution in [-0.4, -0.2) is 0 Å². The van der Waals surface area contributed by atoms with Crippen molar-refractivity contribution in [3.63, 3.8) is 0 Å². The van der Waals surface area contributed by atoms with E-state index in [2.05, 4.69) is 34.1 Å². The maximum Gasteiger partial charge on any atom is -0.0329 e. The molecule has 0 aromatic heterocycles. The molecule has 2 atom stereocenters. The van der Waals surface area contributed by atoms with Gasteiger partial charge < -0.3 is 0 Å². The zero-order valence-corrected chi connectivity index (χ0v) is 11.4. The lowest BCUT2D eigenvalue weighted by molar-refractivity contribution is 0.459. The average molecular weight is 211 g/mol. The van der Waals surface area contributed by atoms with Crippen LogP contribution >= 0.6 is 0 Å². The molecule has 0 rings (SSSR count). The summed E-state index contributed by atoms with van der Waals surface area (Å²) >= 11 is 0. The van der Waals surface area contributed by atoms with E-state index in [1.54, 1.807) is 0 Å². The van der Waals surface area contributed by atoms with Crippen molar-refractivity contribution < 1.29 is 0 Å². The van der Waals surface area contributed by atoms with Gasteiger partial charge in [-0.3, -0.25) is 0 Å². The van der Waals surface area contributed by atoms with Crippen LogP contribution < -0.4 is 0 Å². The smallest absolute Gasteiger partial charge is 0.0329 e. The summed E-state index contributed by atoms with van der Waals surface area (Å²) < 4.78 is 0. The van der Waals surface area contributed by atoms with Gasteiger partial charge >= 0.3 is 0 Å². The molecule has 0 aliphatic rings. The molecule has 0 saturated carbocycles. The van der Waals surface area contributed by atoms with Gasteiger partial charge in [-0.05, 0) is 18.3 Å². The second kappa shape index (κ2) is 10.5. The van der Waals surface area contributed by atoms with Crippen LogP contribution in [0.2, 0.25) is 0 Å². The standard InChI is InChI=1S/C15H31/c1-5-7-9-10-12-15(4)13-14(3)11-8-6-2/h13-15H,5-12H2,1-4H3. The van der Waals surface area contributed by atoms with E-state index in [4.69, 9.17) is 0 Å². The van der Waals surface area contributed by atoms with E-state index >= 15 is 0 Å². The number of hydrogen-bond donors (Lipinski definition) is 0. The fourth-order valence-electron chi connectivity index (χ4n) is 2.17. The molecule has 0 aliphatic carbocycles. The summed E-state index contributed by atoms with van der Waals surface area (Å²) in [6.07, 6.45) is 13.7. The van der Waals surface area contributed by atoms with Crippen LogP contribution in [0.4, 0.5) is 0 Å². The summed E-state index contributed by atoms with van der Waals surface area (Å²) in [7, 11) is 0. The van der Waals surface area contributed by atoms with Gasteiger partial charge in [-0.25, -0.2) is 0 Å². The van der Waals surface area contributed by atoms with Gasteiger partial charge in [0.1, 0.15) is 0 Å². The predicted molar refractivity (Wildman–Crippen MR) is 70.9 cm³/mol. The molecule has 0 fully saturated rings. The molecule has 91 valence electrons. The molecule has 0 aromatic carbocycles. The Hall–Kier alpha value is 0. The summed E-state index contributed by atoms with van der Waals surface area (Å²) in [5, 5.41) is 0. The van der Waals surface area contributed by atoms with Crippen molar-refractivity contribution >= 4 is 0 Å². The minimum Gasteiger partial charge on any atom is -0.0654 e. The van der Waals surface area contributed by atoms with E-state index in [0.717, 1.165) is 11.8 Å². The average Bonchev–Trinajstić information content (AvgIpc) is 2.21. The Morgan fingerprint density at radius 1 is 0.733 bits per heavy atom. The SMILES string of the molecule is CCCCCCC(C)[CH]C(C)CCCC. The van der Waals surface area contributed by atoms with Crippen LogP contribution in [0.15, 0.2) is 0 Å². The van der Waals surface area contributed by atoms with Crippen molar-refractivity contribution in [2.45, 2.75) is 79.1 Å². The topological polar surface area (TPSA) is 0 Å². The summed E-state index contributed by atoms with van der Waals surface area (Å²) in [6, 6.07) is 0. The highest BCUT2D eigenvalue weighted by molar-refractivity contribution is 4.78. The van der Waals surface area contributed by atoms with Crippen molar-refractivity contribution in [1.82, 2.24) is 0 Å². The van der Waals surface area contributed by atoms with Gasteiger partial charge in [0, 0.05) is 0 Å². The molecule has 15 heavy (non-hydrogen) atoms. The molecule has 0 N–H and O–H groups in total. The Morgan fingerprint density at radius 3 is 1.80 bits per heavy atom. The maximum atomic E-state index is 2.57. The molecule has 0 amide bonds. The Kier molecular flexibility index (Phi) is 10.5. The molecule has 1 radical (unpaired) electrons. The first kappa shape index (κ1) is 15.0. The van der Waals surface area contributed by atoms with Gasteiger partial charge in [0.05, 0.1) is 0 Å². The third kappa shape index (κ3) is 10.3. The summed E-state index contributed by atoms with van der Waals surface area (Å²) in [5.41, 5.74) is 0. The highest BCUT2D eigenvalue weighted by Crippen LogP contribution is 2.20. The molecule has 0 nitrogen and oxygen atoms in total. The molecule has 0 bridgehead atoms. The highest BCUT2D eigenvalue weighted by Gasteiger charge is 2.08. The van der Waals surface area contributed by atoms with Crippen LogP contribution in [0.25, 0.3) is 0 Å². The number of hydrogen-bond acceptors (Lipinski definition) is 0. The van der Waals surface area contributed by atoms with Crippen LogP contribution in [0.3, 0.4) is 0 Å². The molecule has 0 aromatic rings. The summed E-state index contributed by atoms with van der Waals surface area (Å²) in [5.74, 6) is 1.65. The van der Waals surface area contributed by atoms with E-state index in [0.29, 0.717) is 0 Å². The number of rotatable bonds is 10. The number of unbranched alkanes of at least 4 members (excludes halogenated alkanes) is 4. The maximum absolute atomic E-state index is 2.57. The predicted octanol–water partition coefficient (Wildman–Crippen LogP) is 5.62. The third-order valence-electron chi connectivity index (χ3n) is 3.18. The second-order valence-electron chi connectivity index (χ2n) is 5.14. The van der Waals surface area contributed by atoms with E-state index < -0.39 is 0 Å². The molecular weight excluding hydrogens is 180 g/mol. The van der Waals surface area contributed by atoms with Gasteiger partial charge in [-0.1, -0.05) is 79.1 Å². The normalized spacial score (nSPS) is 15.2. The lowest BCUT2D eigenvalue weighted by Crippen LogP contribution is -2.04. The summed E-state index contributed by atoms with van der Waals surface area (Å²) in [4.78, 5) is 0. The Labute approximate surface area is 97.8 Å². The Balaban J connectivity index is 3.33. The zero-order chi connectivity index (χ0) is 11.5. The van der Waals surface area contributed by atoms with Gasteiger partial charge in [0.15, 0.2) is 0 Å². The largest absolute Gasteiger partial charge is 0.0654 e. The van der Waals surface area contributed by atoms with Gasteiger partial charge in [-0.15, -0.1) is 0 Å². The first-order chi connectivity index (χ1) is 7.20. The van der Waals surface area contributed by atoms with Crippen molar-refractivity contribution in [3.8, 4) is 0 Å². The molecule has 0 aliphatic heterocycles. The monoisotopic (exact) mass is 211 g/mol. The second-order valence-corrected chi connectivity index (χ2v) is 5.14. The van der Waals surface area contributed by atoms with E-state index in [9.17, 15) is 0 Å². The van der Waals surface area contributed by atoms with Crippen molar-refractivity contribution in [2.75, 3.05) is 0 Å². The van der Waals surface area contributed by atoms with Crippen molar-refractivity contribution in [3.05, 3.63) is 6.42 Å². The first-order valence-electron chi connectivity index (χ1n) is 7.05. The van der Waals surface area contributed by atoms with Crippen LogP contribution in [-0.2, 0) is 0 Å². The van der Waals surface area contributed by atoms with Crippen LogP contribution in [0.1, 0.15) is 79.1 Å². The van der Waals surface area contributed by atoms with Crippen LogP contribution in [0, 0.1) is 18.3 Å². The fraction of sp³-hybridized carbons (Fsp3) is 0.933. The molecule has 0 saturated heterocycles. The minimum atomic E-state index is 0.825. The lowest BCUT2D eigenvalue weighted by Gasteiger charge is -2.16. The van der Waals surface area contributed by atoms with E-state index in [1.165, 1.54) is 51.4 Å². The Bertz CT molecular complexity index is 117.